The molecule has 2 aliphatic rings. The number of hydrogen-bond donors (Lipinski definition) is 2. The molecule has 5 nitrogen and oxygen atoms in total. The highest BCUT2D eigenvalue weighted by Gasteiger charge is 2.53. The predicted molar refractivity (Wildman–Crippen MR) is 72.5 cm³/mol. The largest absolute Gasteiger partial charge is 0.481 e. The highest BCUT2D eigenvalue weighted by Crippen LogP contribution is 2.40. The third-order valence-corrected chi connectivity index (χ3v) is 3.97. The Morgan fingerprint density at radius 3 is 2.13 bits per heavy atom. The predicted octanol–water partition coefficient (Wildman–Crippen LogP) is 2.30. The number of halogens is 3. The SMILES string of the molecule is O=C(O)[C@@H]1[C@H](C(=O)Nc2ccc(C(F)(F)F)cc2)[C@H]2C=C[C@@H]1O2. The highest BCUT2D eigenvalue weighted by atomic mass is 19.4. The normalized spacial score (nSPS) is 28.8. The molecule has 1 aromatic carbocycles. The zero-order valence-corrected chi connectivity index (χ0v) is 11.6. The smallest absolute Gasteiger partial charge is 0.416 e. The molecule has 2 bridgehead atoms. The number of aliphatic carboxylic acids is 1. The van der Waals surface area contributed by atoms with Crippen molar-refractivity contribution in [2.75, 3.05) is 5.32 Å². The maximum absolute atomic E-state index is 12.5. The van der Waals surface area contributed by atoms with Crippen LogP contribution in [0.3, 0.4) is 0 Å². The summed E-state index contributed by atoms with van der Waals surface area (Å²) in [5.41, 5.74) is -0.663. The minimum Gasteiger partial charge on any atom is -0.481 e. The standard InChI is InChI=1S/C15H12F3NO4/c16-15(17,18)7-1-3-8(4-2-7)19-13(20)11-9-5-6-10(23-9)12(11)14(21)22/h1-6,9-12H,(H,19,20)(H,21,22)/t9-,10+,11-,12+/m1/s1. The third kappa shape index (κ3) is 2.81. The van der Waals surface area contributed by atoms with E-state index >= 15 is 0 Å². The molecule has 122 valence electrons. The highest BCUT2D eigenvalue weighted by molar-refractivity contribution is 5.96. The van der Waals surface area contributed by atoms with E-state index in [-0.39, 0.29) is 5.69 Å². The summed E-state index contributed by atoms with van der Waals surface area (Å²) in [6.45, 7) is 0. The number of anilines is 1. The second-order valence-corrected chi connectivity index (χ2v) is 5.40. The van der Waals surface area contributed by atoms with Gasteiger partial charge in [-0.2, -0.15) is 13.2 Å². The number of amides is 1. The van der Waals surface area contributed by atoms with E-state index in [9.17, 15) is 27.9 Å². The Hall–Kier alpha value is -2.35. The van der Waals surface area contributed by atoms with Crippen LogP contribution >= 0.6 is 0 Å². The summed E-state index contributed by atoms with van der Waals surface area (Å²) >= 11 is 0. The lowest BCUT2D eigenvalue weighted by molar-refractivity contribution is -0.146. The quantitative estimate of drug-likeness (QED) is 0.835. The molecule has 3 rings (SSSR count). The van der Waals surface area contributed by atoms with Gasteiger partial charge in [-0.3, -0.25) is 9.59 Å². The number of ether oxygens (including phenoxy) is 1. The minimum atomic E-state index is -4.46. The maximum atomic E-state index is 12.5. The molecule has 1 saturated heterocycles. The molecule has 0 aromatic heterocycles. The summed E-state index contributed by atoms with van der Waals surface area (Å²) in [7, 11) is 0. The lowest BCUT2D eigenvalue weighted by Gasteiger charge is -2.21. The van der Waals surface area contributed by atoms with E-state index < -0.39 is 47.7 Å². The van der Waals surface area contributed by atoms with Crippen LogP contribution in [0.15, 0.2) is 36.4 Å². The van der Waals surface area contributed by atoms with E-state index in [0.717, 1.165) is 24.3 Å². The van der Waals surface area contributed by atoms with Crippen LogP contribution in [0.5, 0.6) is 0 Å². The number of alkyl halides is 3. The van der Waals surface area contributed by atoms with E-state index in [1.54, 1.807) is 12.2 Å². The Labute approximate surface area is 128 Å². The molecule has 2 heterocycles. The molecule has 1 fully saturated rings. The molecule has 2 aliphatic heterocycles. The fraction of sp³-hybridized carbons (Fsp3) is 0.333. The van der Waals surface area contributed by atoms with E-state index in [0.29, 0.717) is 0 Å². The fourth-order valence-electron chi connectivity index (χ4n) is 2.88. The van der Waals surface area contributed by atoms with Crippen molar-refractivity contribution in [3.05, 3.63) is 42.0 Å². The van der Waals surface area contributed by atoms with E-state index in [4.69, 9.17) is 4.74 Å². The zero-order valence-electron chi connectivity index (χ0n) is 11.6. The summed E-state index contributed by atoms with van der Waals surface area (Å²) in [5, 5.41) is 11.7. The molecular weight excluding hydrogens is 315 g/mol. The van der Waals surface area contributed by atoms with Crippen LogP contribution in [0.4, 0.5) is 18.9 Å². The second kappa shape index (κ2) is 5.38. The van der Waals surface area contributed by atoms with E-state index in [1.165, 1.54) is 0 Å². The Balaban J connectivity index is 1.74. The second-order valence-electron chi connectivity index (χ2n) is 5.40. The number of carbonyl (C=O) groups excluding carboxylic acids is 1. The molecule has 2 N–H and O–H groups in total. The molecule has 0 unspecified atom stereocenters. The van der Waals surface area contributed by atoms with Crippen molar-refractivity contribution in [2.24, 2.45) is 11.8 Å². The third-order valence-electron chi connectivity index (χ3n) is 3.97. The molecule has 1 aromatic rings. The van der Waals surface area contributed by atoms with Crippen LogP contribution in [-0.2, 0) is 20.5 Å². The molecule has 0 spiro atoms. The number of fused-ring (bicyclic) bond motifs is 2. The van der Waals surface area contributed by atoms with Gasteiger partial charge in [0.15, 0.2) is 0 Å². The number of carboxylic acids is 1. The number of carboxylic acid groups (broad SMARTS) is 1. The van der Waals surface area contributed by atoms with Gasteiger partial charge in [0, 0.05) is 5.69 Å². The minimum absolute atomic E-state index is 0.166. The summed E-state index contributed by atoms with van der Waals surface area (Å²) in [6.07, 6.45) is -2.51. The number of rotatable bonds is 3. The molecule has 1 amide bonds. The van der Waals surface area contributed by atoms with Crippen LogP contribution in [0, 0.1) is 11.8 Å². The van der Waals surface area contributed by atoms with Crippen molar-refractivity contribution < 1.29 is 32.6 Å². The Bertz CT molecular complexity index is 668. The Kier molecular flexibility index (Phi) is 3.63. The van der Waals surface area contributed by atoms with Gasteiger partial charge in [-0.1, -0.05) is 12.2 Å². The van der Waals surface area contributed by atoms with Crippen LogP contribution < -0.4 is 5.32 Å². The summed E-state index contributed by atoms with van der Waals surface area (Å²) in [4.78, 5) is 23.6. The number of nitrogens with one attached hydrogen (secondary N) is 1. The first-order valence-corrected chi connectivity index (χ1v) is 6.82. The van der Waals surface area contributed by atoms with Crippen molar-refractivity contribution in [1.29, 1.82) is 0 Å². The van der Waals surface area contributed by atoms with Crippen molar-refractivity contribution in [3.63, 3.8) is 0 Å². The number of hydrogen-bond acceptors (Lipinski definition) is 3. The van der Waals surface area contributed by atoms with Crippen LogP contribution in [-0.4, -0.2) is 29.2 Å². The first kappa shape index (κ1) is 15.5. The van der Waals surface area contributed by atoms with E-state index in [2.05, 4.69) is 5.32 Å². The fourth-order valence-corrected chi connectivity index (χ4v) is 2.88. The van der Waals surface area contributed by atoms with Crippen LogP contribution in [0.1, 0.15) is 5.56 Å². The molecular formula is C15H12F3NO4. The molecule has 0 saturated carbocycles. The monoisotopic (exact) mass is 327 g/mol. The molecule has 0 aliphatic carbocycles. The van der Waals surface area contributed by atoms with Gasteiger partial charge in [0.2, 0.25) is 5.91 Å². The number of benzene rings is 1. The average molecular weight is 327 g/mol. The van der Waals surface area contributed by atoms with E-state index in [1.807, 2.05) is 0 Å². The van der Waals surface area contributed by atoms with Gasteiger partial charge in [0.1, 0.15) is 5.92 Å². The van der Waals surface area contributed by atoms with Crippen LogP contribution in [0.2, 0.25) is 0 Å². The molecule has 0 radical (unpaired) electrons. The lowest BCUT2D eigenvalue weighted by Crippen LogP contribution is -2.39. The van der Waals surface area contributed by atoms with Crippen LogP contribution in [0.25, 0.3) is 0 Å². The Morgan fingerprint density at radius 1 is 1.04 bits per heavy atom. The maximum Gasteiger partial charge on any atom is 0.416 e. The Morgan fingerprint density at radius 2 is 1.61 bits per heavy atom. The average Bonchev–Trinajstić information content (AvgIpc) is 3.07. The molecule has 23 heavy (non-hydrogen) atoms. The molecule has 4 atom stereocenters. The van der Waals surface area contributed by atoms with Crippen molar-refractivity contribution >= 4 is 17.6 Å². The first-order chi connectivity index (χ1) is 10.8. The van der Waals surface area contributed by atoms with Gasteiger partial charge in [-0.25, -0.2) is 0 Å². The van der Waals surface area contributed by atoms with Crippen molar-refractivity contribution in [2.45, 2.75) is 18.4 Å². The van der Waals surface area contributed by atoms with Gasteiger partial charge in [-0.15, -0.1) is 0 Å². The topological polar surface area (TPSA) is 75.6 Å². The van der Waals surface area contributed by atoms with Gasteiger partial charge >= 0.3 is 12.1 Å². The van der Waals surface area contributed by atoms with Gasteiger partial charge < -0.3 is 15.2 Å². The lowest BCUT2D eigenvalue weighted by atomic mass is 9.82. The first-order valence-electron chi connectivity index (χ1n) is 6.82. The summed E-state index contributed by atoms with van der Waals surface area (Å²) in [5.74, 6) is -3.65. The molecule has 8 heteroatoms. The number of carbonyl (C=O) groups is 2. The summed E-state index contributed by atoms with van der Waals surface area (Å²) in [6, 6.07) is 3.95. The zero-order chi connectivity index (χ0) is 16.8. The van der Waals surface area contributed by atoms with Crippen molar-refractivity contribution in [3.8, 4) is 0 Å². The van der Waals surface area contributed by atoms with Gasteiger partial charge in [0.25, 0.3) is 0 Å². The van der Waals surface area contributed by atoms with Gasteiger partial charge in [0.05, 0.1) is 23.7 Å². The van der Waals surface area contributed by atoms with Gasteiger partial charge in [-0.05, 0) is 24.3 Å². The van der Waals surface area contributed by atoms with Crippen molar-refractivity contribution in [1.82, 2.24) is 0 Å². The summed E-state index contributed by atoms with van der Waals surface area (Å²) < 4.78 is 42.9.